The third kappa shape index (κ3) is 3.82. The first-order chi connectivity index (χ1) is 12.6. The van der Waals surface area contributed by atoms with Crippen molar-refractivity contribution in [3.63, 3.8) is 0 Å². The fourth-order valence-electron chi connectivity index (χ4n) is 2.29. The van der Waals surface area contributed by atoms with Crippen LogP contribution in [0.15, 0.2) is 42.6 Å². The van der Waals surface area contributed by atoms with E-state index in [1.807, 2.05) is 19.1 Å². The Bertz CT molecular complexity index is 986. The Labute approximate surface area is 155 Å². The summed E-state index contributed by atoms with van der Waals surface area (Å²) in [5.74, 6) is 1.32. The van der Waals surface area contributed by atoms with Crippen molar-refractivity contribution in [2.75, 3.05) is 17.7 Å². The summed E-state index contributed by atoms with van der Waals surface area (Å²) in [5.41, 5.74) is 2.70. The number of methoxy groups -OCH3 is 1. The van der Waals surface area contributed by atoms with Crippen LogP contribution >= 0.6 is 11.6 Å². The molecule has 2 aromatic carbocycles. The standard InChI is InChI=1S/C18H15ClN6O/c1-11-7-15(16(26-2)8-13(11)19)22-17-10-21-25-18(24-17)23-14-6-4-3-5-12(14)9-20/h3-8,10H,1-2H3,(H2,22,23,24,25). The zero-order valence-corrected chi connectivity index (χ0v) is 14.9. The summed E-state index contributed by atoms with van der Waals surface area (Å²) >= 11 is 6.13. The first-order valence-electron chi connectivity index (χ1n) is 7.67. The van der Waals surface area contributed by atoms with E-state index in [9.17, 15) is 0 Å². The van der Waals surface area contributed by atoms with Crippen LogP contribution in [0.25, 0.3) is 0 Å². The molecule has 3 aromatic rings. The molecule has 1 heterocycles. The van der Waals surface area contributed by atoms with Gasteiger partial charge in [-0.25, -0.2) is 0 Å². The van der Waals surface area contributed by atoms with Crippen molar-refractivity contribution in [3.8, 4) is 11.8 Å². The van der Waals surface area contributed by atoms with E-state index >= 15 is 0 Å². The Morgan fingerprint density at radius 1 is 1.15 bits per heavy atom. The summed E-state index contributed by atoms with van der Waals surface area (Å²) in [6.45, 7) is 1.90. The lowest BCUT2D eigenvalue weighted by Gasteiger charge is -2.13. The largest absolute Gasteiger partial charge is 0.495 e. The van der Waals surface area contributed by atoms with Gasteiger partial charge in [-0.15, -0.1) is 5.10 Å². The van der Waals surface area contributed by atoms with E-state index in [2.05, 4.69) is 31.9 Å². The molecule has 0 aliphatic heterocycles. The average molecular weight is 367 g/mol. The molecular weight excluding hydrogens is 352 g/mol. The van der Waals surface area contributed by atoms with Crippen LogP contribution in [0.2, 0.25) is 5.02 Å². The summed E-state index contributed by atoms with van der Waals surface area (Å²) in [6, 6.07) is 12.8. The van der Waals surface area contributed by atoms with Gasteiger partial charge in [-0.05, 0) is 30.7 Å². The molecule has 0 aliphatic rings. The molecule has 0 spiro atoms. The Balaban J connectivity index is 1.87. The lowest BCUT2D eigenvalue weighted by molar-refractivity contribution is 0.416. The molecule has 0 unspecified atom stereocenters. The first-order valence-corrected chi connectivity index (χ1v) is 8.05. The lowest BCUT2D eigenvalue weighted by atomic mass is 10.2. The van der Waals surface area contributed by atoms with Gasteiger partial charge in [-0.3, -0.25) is 0 Å². The van der Waals surface area contributed by atoms with Gasteiger partial charge in [0.15, 0.2) is 5.82 Å². The van der Waals surface area contributed by atoms with Gasteiger partial charge in [0.1, 0.15) is 11.8 Å². The van der Waals surface area contributed by atoms with E-state index in [4.69, 9.17) is 21.6 Å². The van der Waals surface area contributed by atoms with Gasteiger partial charge in [0.05, 0.1) is 30.2 Å². The normalized spacial score (nSPS) is 10.1. The van der Waals surface area contributed by atoms with E-state index in [1.54, 1.807) is 31.4 Å². The Kier molecular flexibility index (Phi) is 5.15. The summed E-state index contributed by atoms with van der Waals surface area (Å²) < 4.78 is 5.35. The van der Waals surface area contributed by atoms with Crippen LogP contribution in [0.5, 0.6) is 5.75 Å². The SMILES string of the molecule is COc1cc(Cl)c(C)cc1Nc1cnnc(Nc2ccccc2C#N)n1. The molecule has 0 amide bonds. The third-order valence-corrected chi connectivity index (χ3v) is 4.00. The van der Waals surface area contributed by atoms with E-state index in [0.29, 0.717) is 33.5 Å². The van der Waals surface area contributed by atoms with Gasteiger partial charge in [0.2, 0.25) is 5.95 Å². The van der Waals surface area contributed by atoms with Gasteiger partial charge in [0, 0.05) is 11.1 Å². The second-order valence-electron chi connectivity index (χ2n) is 5.37. The monoisotopic (exact) mass is 366 g/mol. The van der Waals surface area contributed by atoms with Gasteiger partial charge in [-0.2, -0.15) is 15.3 Å². The number of nitrogens with zero attached hydrogens (tertiary/aromatic N) is 4. The van der Waals surface area contributed by atoms with Crippen LogP contribution in [0.1, 0.15) is 11.1 Å². The quantitative estimate of drug-likeness (QED) is 0.698. The van der Waals surface area contributed by atoms with Crippen molar-refractivity contribution < 1.29 is 4.74 Å². The molecule has 0 radical (unpaired) electrons. The fourth-order valence-corrected chi connectivity index (χ4v) is 2.45. The van der Waals surface area contributed by atoms with Gasteiger partial charge >= 0.3 is 0 Å². The van der Waals surface area contributed by atoms with Crippen LogP contribution in [0.3, 0.4) is 0 Å². The highest BCUT2D eigenvalue weighted by Gasteiger charge is 2.10. The molecule has 0 fully saturated rings. The van der Waals surface area contributed by atoms with Crippen LogP contribution in [-0.2, 0) is 0 Å². The molecule has 7 nitrogen and oxygen atoms in total. The number of nitrogens with one attached hydrogen (secondary N) is 2. The Hall–Kier alpha value is -3.37. The number of hydrogen-bond acceptors (Lipinski definition) is 7. The Morgan fingerprint density at radius 3 is 2.73 bits per heavy atom. The van der Waals surface area contributed by atoms with Crippen LogP contribution in [0, 0.1) is 18.3 Å². The third-order valence-electron chi connectivity index (χ3n) is 3.60. The fraction of sp³-hybridized carbons (Fsp3) is 0.111. The molecular formula is C18H15ClN6O. The van der Waals surface area contributed by atoms with Gasteiger partial charge in [-0.1, -0.05) is 23.7 Å². The van der Waals surface area contributed by atoms with Gasteiger partial charge < -0.3 is 15.4 Å². The van der Waals surface area contributed by atoms with Crippen molar-refractivity contribution in [2.24, 2.45) is 0 Å². The average Bonchev–Trinajstić information content (AvgIpc) is 2.65. The highest BCUT2D eigenvalue weighted by atomic mass is 35.5. The molecule has 2 N–H and O–H groups in total. The van der Waals surface area contributed by atoms with Gasteiger partial charge in [0.25, 0.3) is 0 Å². The zero-order chi connectivity index (χ0) is 18.5. The number of rotatable bonds is 5. The molecule has 26 heavy (non-hydrogen) atoms. The lowest BCUT2D eigenvalue weighted by Crippen LogP contribution is -2.04. The van der Waals surface area contributed by atoms with E-state index in [0.717, 1.165) is 5.56 Å². The summed E-state index contributed by atoms with van der Waals surface area (Å²) in [5, 5.41) is 23.8. The minimum absolute atomic E-state index is 0.266. The van der Waals surface area contributed by atoms with Crippen LogP contribution in [0.4, 0.5) is 23.1 Å². The van der Waals surface area contributed by atoms with Crippen molar-refractivity contribution in [2.45, 2.75) is 6.92 Å². The van der Waals surface area contributed by atoms with Crippen LogP contribution in [-0.4, -0.2) is 22.3 Å². The minimum atomic E-state index is 0.266. The maximum atomic E-state index is 9.17. The molecule has 0 bridgehead atoms. The summed E-state index contributed by atoms with van der Waals surface area (Å²) in [4.78, 5) is 4.37. The molecule has 0 aliphatic carbocycles. The van der Waals surface area contributed by atoms with Crippen molar-refractivity contribution in [3.05, 3.63) is 58.7 Å². The maximum Gasteiger partial charge on any atom is 0.249 e. The highest BCUT2D eigenvalue weighted by Crippen LogP contribution is 2.32. The van der Waals surface area contributed by atoms with E-state index < -0.39 is 0 Å². The zero-order valence-electron chi connectivity index (χ0n) is 14.1. The molecule has 3 rings (SSSR count). The molecule has 0 saturated heterocycles. The van der Waals surface area contributed by atoms with Crippen molar-refractivity contribution in [1.82, 2.24) is 15.2 Å². The molecule has 8 heteroatoms. The number of hydrogen-bond donors (Lipinski definition) is 2. The second-order valence-corrected chi connectivity index (χ2v) is 5.78. The number of benzene rings is 2. The smallest absolute Gasteiger partial charge is 0.249 e. The predicted octanol–water partition coefficient (Wildman–Crippen LogP) is 4.20. The number of aryl methyl sites for hydroxylation is 1. The molecule has 1 aromatic heterocycles. The Morgan fingerprint density at radius 2 is 1.96 bits per heavy atom. The predicted molar refractivity (Wildman–Crippen MR) is 100 cm³/mol. The number of para-hydroxylation sites is 1. The highest BCUT2D eigenvalue weighted by molar-refractivity contribution is 6.31. The summed E-state index contributed by atoms with van der Waals surface area (Å²) in [6.07, 6.45) is 1.49. The minimum Gasteiger partial charge on any atom is -0.495 e. The molecule has 130 valence electrons. The summed E-state index contributed by atoms with van der Waals surface area (Å²) in [7, 11) is 1.57. The topological polar surface area (TPSA) is 95.8 Å². The number of aromatic nitrogens is 3. The van der Waals surface area contributed by atoms with Crippen molar-refractivity contribution >= 4 is 34.7 Å². The second kappa shape index (κ2) is 7.68. The number of halogens is 1. The first kappa shape index (κ1) is 17.5. The maximum absolute atomic E-state index is 9.17. The van der Waals surface area contributed by atoms with E-state index in [-0.39, 0.29) is 5.95 Å². The number of anilines is 4. The molecule has 0 atom stereocenters. The number of nitriles is 1. The van der Waals surface area contributed by atoms with E-state index in [1.165, 1.54) is 6.20 Å². The van der Waals surface area contributed by atoms with Crippen LogP contribution < -0.4 is 15.4 Å². The van der Waals surface area contributed by atoms with Crippen molar-refractivity contribution in [1.29, 1.82) is 5.26 Å². The molecule has 0 saturated carbocycles. The number of ether oxygens (including phenoxy) is 1.